The summed E-state index contributed by atoms with van der Waals surface area (Å²) in [6, 6.07) is 3.86. The molecule has 2 aliphatic rings. The lowest BCUT2D eigenvalue weighted by Gasteiger charge is -2.28. The van der Waals surface area contributed by atoms with Crippen LogP contribution in [0.1, 0.15) is 37.8 Å². The normalized spacial score (nSPS) is 25.4. The molecule has 2 aliphatic heterocycles. The molecule has 0 N–H and O–H groups in total. The van der Waals surface area contributed by atoms with Gasteiger partial charge in [0.25, 0.3) is 5.91 Å². The molecule has 2 fully saturated rings. The van der Waals surface area contributed by atoms with Crippen molar-refractivity contribution in [3.63, 3.8) is 0 Å². The van der Waals surface area contributed by atoms with Gasteiger partial charge in [0.05, 0.1) is 17.5 Å². The van der Waals surface area contributed by atoms with Crippen molar-refractivity contribution in [2.45, 2.75) is 51.8 Å². The van der Waals surface area contributed by atoms with E-state index in [-0.39, 0.29) is 34.6 Å². The Labute approximate surface area is 174 Å². The van der Waals surface area contributed by atoms with Gasteiger partial charge in [-0.15, -0.1) is 0 Å². The van der Waals surface area contributed by atoms with Crippen LogP contribution in [0.2, 0.25) is 0 Å². The zero-order chi connectivity index (χ0) is 19.9. The Morgan fingerprint density at radius 1 is 1.26 bits per heavy atom. The molecule has 2 saturated heterocycles. The van der Waals surface area contributed by atoms with E-state index in [1.165, 1.54) is 11.8 Å². The van der Waals surface area contributed by atoms with Gasteiger partial charge in [0.15, 0.2) is 15.0 Å². The number of benzene rings is 1. The van der Waals surface area contributed by atoms with Gasteiger partial charge < -0.3 is 4.90 Å². The summed E-state index contributed by atoms with van der Waals surface area (Å²) in [5.74, 6) is 0.0580. The molecule has 8 heteroatoms. The maximum absolute atomic E-state index is 12.7. The van der Waals surface area contributed by atoms with Gasteiger partial charge in [0.1, 0.15) is 0 Å². The molecule has 0 spiro atoms. The number of amides is 1. The third-order valence-electron chi connectivity index (χ3n) is 5.30. The number of nitrogens with zero attached hydrogens (tertiary/aromatic N) is 2. The number of carbonyl (C=O) groups is 1. The van der Waals surface area contributed by atoms with Gasteiger partial charge in [-0.25, -0.2) is 8.42 Å². The molecule has 2 atom stereocenters. The van der Waals surface area contributed by atoms with Crippen LogP contribution in [0.15, 0.2) is 21.6 Å². The fraction of sp³-hybridized carbons (Fsp3) is 0.579. The Hall–Kier alpha value is -0.860. The van der Waals surface area contributed by atoms with Crippen molar-refractivity contribution in [1.82, 2.24) is 0 Å². The molecule has 148 valence electrons. The summed E-state index contributed by atoms with van der Waals surface area (Å²) in [5.41, 5.74) is 3.04. The Kier molecular flexibility index (Phi) is 6.08. The summed E-state index contributed by atoms with van der Waals surface area (Å²) < 4.78 is 25.4. The van der Waals surface area contributed by atoms with Crippen LogP contribution in [0.4, 0.5) is 5.69 Å². The average molecular weight is 473 g/mol. The van der Waals surface area contributed by atoms with Crippen molar-refractivity contribution in [3.05, 3.63) is 27.7 Å². The van der Waals surface area contributed by atoms with Gasteiger partial charge in [-0.3, -0.25) is 4.79 Å². The van der Waals surface area contributed by atoms with Gasteiger partial charge in [0.2, 0.25) is 0 Å². The van der Waals surface area contributed by atoms with E-state index in [0.717, 1.165) is 34.1 Å². The number of carbonyl (C=O) groups excluding carboxylic acids is 1. The Bertz CT molecular complexity index is 871. The van der Waals surface area contributed by atoms with E-state index in [9.17, 15) is 13.2 Å². The summed E-state index contributed by atoms with van der Waals surface area (Å²) in [5, 5.41) is 0.566. The predicted molar refractivity (Wildman–Crippen MR) is 116 cm³/mol. The molecule has 0 unspecified atom stereocenters. The number of thioether (sulfide) groups is 1. The number of aliphatic imine (C=N–C) groups is 1. The topological polar surface area (TPSA) is 66.8 Å². The highest BCUT2D eigenvalue weighted by Gasteiger charge is 2.50. The van der Waals surface area contributed by atoms with Crippen molar-refractivity contribution in [3.8, 4) is 0 Å². The van der Waals surface area contributed by atoms with Crippen LogP contribution in [0.3, 0.4) is 0 Å². The maximum Gasteiger partial charge on any atom is 0.251 e. The van der Waals surface area contributed by atoms with E-state index >= 15 is 0 Å². The number of aryl methyl sites for hydroxylation is 2. The molecule has 2 heterocycles. The van der Waals surface area contributed by atoms with Crippen LogP contribution in [-0.4, -0.2) is 42.3 Å². The number of hydrogen-bond acceptors (Lipinski definition) is 4. The SMILES string of the molecule is CCC(CC)C(=O)N=C1S[C@H]2CS(=O)(=O)C[C@@H]2N1c1c(C)cc(Br)cc1C. The van der Waals surface area contributed by atoms with E-state index in [0.29, 0.717) is 5.17 Å². The van der Waals surface area contributed by atoms with Crippen LogP contribution in [0.25, 0.3) is 0 Å². The quantitative estimate of drug-likeness (QED) is 0.659. The van der Waals surface area contributed by atoms with E-state index < -0.39 is 9.84 Å². The van der Waals surface area contributed by atoms with Crippen LogP contribution >= 0.6 is 27.7 Å². The van der Waals surface area contributed by atoms with Gasteiger partial charge in [0, 0.05) is 21.3 Å². The fourth-order valence-corrected chi connectivity index (χ4v) is 8.52. The van der Waals surface area contributed by atoms with Gasteiger partial charge >= 0.3 is 0 Å². The summed E-state index contributed by atoms with van der Waals surface area (Å²) in [6.07, 6.45) is 1.52. The summed E-state index contributed by atoms with van der Waals surface area (Å²) in [6.45, 7) is 8.01. The predicted octanol–water partition coefficient (Wildman–Crippen LogP) is 4.10. The Morgan fingerprint density at radius 3 is 2.41 bits per heavy atom. The smallest absolute Gasteiger partial charge is 0.251 e. The van der Waals surface area contributed by atoms with Crippen LogP contribution in [-0.2, 0) is 14.6 Å². The molecule has 1 aromatic rings. The second kappa shape index (κ2) is 7.87. The minimum Gasteiger partial charge on any atom is -0.315 e. The lowest BCUT2D eigenvalue weighted by Crippen LogP contribution is -2.38. The van der Waals surface area contributed by atoms with Crippen molar-refractivity contribution < 1.29 is 13.2 Å². The van der Waals surface area contributed by atoms with E-state index in [1.807, 2.05) is 44.7 Å². The molecule has 3 rings (SSSR count). The second-order valence-corrected chi connectivity index (χ2v) is 11.6. The molecule has 0 radical (unpaired) electrons. The van der Waals surface area contributed by atoms with E-state index in [4.69, 9.17) is 0 Å². The number of anilines is 1. The first-order valence-corrected chi connectivity index (χ1v) is 12.7. The van der Waals surface area contributed by atoms with Crippen LogP contribution < -0.4 is 4.90 Å². The molecule has 0 aliphatic carbocycles. The van der Waals surface area contributed by atoms with E-state index in [1.54, 1.807) is 0 Å². The molecule has 1 amide bonds. The number of amidine groups is 1. The Balaban J connectivity index is 2.08. The number of fused-ring (bicyclic) bond motifs is 1. The highest BCUT2D eigenvalue weighted by atomic mass is 79.9. The minimum atomic E-state index is -3.07. The molecule has 0 bridgehead atoms. The zero-order valence-electron chi connectivity index (χ0n) is 16.0. The first kappa shape index (κ1) is 20.9. The second-order valence-electron chi connectivity index (χ2n) is 7.30. The number of halogens is 1. The first-order valence-electron chi connectivity index (χ1n) is 9.22. The maximum atomic E-state index is 12.7. The lowest BCUT2D eigenvalue weighted by molar-refractivity contribution is -0.121. The van der Waals surface area contributed by atoms with E-state index in [2.05, 4.69) is 20.9 Å². The van der Waals surface area contributed by atoms with Crippen molar-refractivity contribution in [1.29, 1.82) is 0 Å². The highest BCUT2D eigenvalue weighted by molar-refractivity contribution is 9.10. The van der Waals surface area contributed by atoms with Gasteiger partial charge in [-0.1, -0.05) is 41.5 Å². The number of hydrogen-bond donors (Lipinski definition) is 0. The summed E-state index contributed by atoms with van der Waals surface area (Å²) in [7, 11) is -3.07. The molecular weight excluding hydrogens is 448 g/mol. The molecule has 27 heavy (non-hydrogen) atoms. The zero-order valence-corrected chi connectivity index (χ0v) is 19.2. The number of rotatable bonds is 4. The average Bonchev–Trinajstić information content (AvgIpc) is 3.00. The van der Waals surface area contributed by atoms with Crippen LogP contribution in [0, 0.1) is 19.8 Å². The highest BCUT2D eigenvalue weighted by Crippen LogP contribution is 2.43. The third-order valence-corrected chi connectivity index (χ3v) is 8.97. The van der Waals surface area contributed by atoms with Crippen LogP contribution in [0.5, 0.6) is 0 Å². The molecule has 1 aromatic carbocycles. The summed E-state index contributed by atoms with van der Waals surface area (Å²) >= 11 is 4.96. The lowest BCUT2D eigenvalue weighted by atomic mass is 10.0. The molecule has 0 aromatic heterocycles. The largest absolute Gasteiger partial charge is 0.315 e. The molecule has 5 nitrogen and oxygen atoms in total. The minimum absolute atomic E-state index is 0.0781. The van der Waals surface area contributed by atoms with Crippen molar-refractivity contribution >= 4 is 54.3 Å². The molecule has 0 saturated carbocycles. The number of sulfone groups is 1. The first-order chi connectivity index (χ1) is 12.7. The van der Waals surface area contributed by atoms with Crippen molar-refractivity contribution in [2.24, 2.45) is 10.9 Å². The van der Waals surface area contributed by atoms with Crippen molar-refractivity contribution in [2.75, 3.05) is 16.4 Å². The monoisotopic (exact) mass is 472 g/mol. The standard InChI is InChI=1S/C19H25BrN2O3S2/c1-5-13(6-2)18(23)21-19-22(15-9-27(24,25)10-16(15)26-19)17-11(3)7-14(20)8-12(17)4/h7-8,13,15-16H,5-6,9-10H2,1-4H3/t15-,16-/m0/s1. The fourth-order valence-electron chi connectivity index (χ4n) is 3.93. The summed E-state index contributed by atoms with van der Waals surface area (Å²) in [4.78, 5) is 19.1. The van der Waals surface area contributed by atoms with Gasteiger partial charge in [-0.05, 0) is 49.9 Å². The Morgan fingerprint density at radius 2 is 1.85 bits per heavy atom. The third kappa shape index (κ3) is 4.12. The van der Waals surface area contributed by atoms with Gasteiger partial charge in [-0.2, -0.15) is 4.99 Å². The molecular formula is C19H25BrN2O3S2.